The van der Waals surface area contributed by atoms with Crippen LogP contribution >= 0.6 is 11.8 Å². The Kier molecular flexibility index (Phi) is 17.3. The molecule has 0 unspecified atom stereocenters. The lowest BCUT2D eigenvalue weighted by Crippen LogP contribution is -2.59. The molecule has 6 amide bonds. The zero-order chi connectivity index (χ0) is 31.9. The van der Waals surface area contributed by atoms with Crippen molar-refractivity contribution in [1.29, 1.82) is 0 Å². The van der Waals surface area contributed by atoms with Gasteiger partial charge in [-0.1, -0.05) is 34.1 Å². The Morgan fingerprint density at radius 3 is 1.61 bits per heavy atom. The smallest absolute Gasteiger partial charge is 0.326 e. The Balaban J connectivity index is 5.89. The molecular weight excluding hydrogens is 558 g/mol. The average molecular weight is 604 g/mol. The van der Waals surface area contributed by atoms with E-state index in [-0.39, 0.29) is 12.3 Å². The van der Waals surface area contributed by atoms with Gasteiger partial charge in [0.2, 0.25) is 35.4 Å². The zero-order valence-corrected chi connectivity index (χ0v) is 25.0. The van der Waals surface area contributed by atoms with Gasteiger partial charge in [0.1, 0.15) is 24.2 Å². The maximum atomic E-state index is 13.2. The van der Waals surface area contributed by atoms with Gasteiger partial charge in [0, 0.05) is 0 Å². The van der Waals surface area contributed by atoms with Gasteiger partial charge in [-0.2, -0.15) is 11.8 Å². The molecule has 0 radical (unpaired) electrons. The average Bonchev–Trinajstić information content (AvgIpc) is 2.87. The van der Waals surface area contributed by atoms with Crippen molar-refractivity contribution in [1.82, 2.24) is 21.3 Å². The Morgan fingerprint density at radius 2 is 1.20 bits per heavy atom. The number of carbonyl (C=O) groups is 7. The van der Waals surface area contributed by atoms with E-state index in [9.17, 15) is 38.7 Å². The van der Waals surface area contributed by atoms with Crippen LogP contribution in [0.3, 0.4) is 0 Å². The molecule has 6 atom stereocenters. The second-order valence-electron chi connectivity index (χ2n) is 10.3. The summed E-state index contributed by atoms with van der Waals surface area (Å²) in [6.07, 6.45) is 1.44. The number of rotatable bonds is 20. The summed E-state index contributed by atoms with van der Waals surface area (Å²) < 4.78 is 0. The molecule has 0 rings (SSSR count). The van der Waals surface area contributed by atoms with Crippen molar-refractivity contribution in [2.24, 2.45) is 29.0 Å². The molecule has 0 aliphatic heterocycles. The van der Waals surface area contributed by atoms with E-state index < -0.39 is 90.4 Å². The molecule has 41 heavy (non-hydrogen) atoms. The first-order valence-corrected chi connectivity index (χ1v) is 14.7. The standard InChI is InChI=1S/C25H45N7O8S/c1-6-13(4)20(25(39)40)32-24(38)17(11-19(28)34)31-22(36)15(9-12(2)3)30-23(37)16(10-18(27)33)29-21(35)14(26)7-8-41-5/h12-17,20H,6-11,26H2,1-5H3,(H2,27,33)(H2,28,34)(H,29,35)(H,30,37)(H,31,36)(H,32,38)(H,39,40)/t13-,14-,15-,16-,17-,20-/m0/s1. The van der Waals surface area contributed by atoms with E-state index in [0.717, 1.165) is 0 Å². The van der Waals surface area contributed by atoms with E-state index in [1.165, 1.54) is 11.8 Å². The van der Waals surface area contributed by atoms with Crippen LogP contribution in [0.4, 0.5) is 0 Å². The van der Waals surface area contributed by atoms with E-state index in [1.807, 2.05) is 6.26 Å². The van der Waals surface area contributed by atoms with Crippen molar-refractivity contribution < 1.29 is 38.7 Å². The van der Waals surface area contributed by atoms with Gasteiger partial charge in [0.15, 0.2) is 0 Å². The Hall–Kier alpha value is -3.40. The molecule has 0 aromatic carbocycles. The number of hydrogen-bond acceptors (Lipinski definition) is 9. The van der Waals surface area contributed by atoms with E-state index in [2.05, 4.69) is 21.3 Å². The number of nitrogens with one attached hydrogen (secondary N) is 4. The largest absolute Gasteiger partial charge is 0.480 e. The molecular formula is C25H45N7O8S. The minimum absolute atomic E-state index is 0.0670. The minimum Gasteiger partial charge on any atom is -0.480 e. The second-order valence-corrected chi connectivity index (χ2v) is 11.2. The van der Waals surface area contributed by atoms with Crippen LogP contribution in [0.2, 0.25) is 0 Å². The van der Waals surface area contributed by atoms with Crippen molar-refractivity contribution >= 4 is 53.2 Å². The first-order chi connectivity index (χ1) is 19.0. The lowest BCUT2D eigenvalue weighted by Gasteiger charge is -2.27. The zero-order valence-electron chi connectivity index (χ0n) is 24.2. The highest BCUT2D eigenvalue weighted by Gasteiger charge is 2.34. The van der Waals surface area contributed by atoms with Crippen LogP contribution in [0.5, 0.6) is 0 Å². The minimum atomic E-state index is -1.53. The van der Waals surface area contributed by atoms with Gasteiger partial charge in [-0.3, -0.25) is 28.8 Å². The number of hydrogen-bond donors (Lipinski definition) is 8. The second kappa shape index (κ2) is 18.9. The van der Waals surface area contributed by atoms with Crippen molar-refractivity contribution in [3.63, 3.8) is 0 Å². The number of carboxylic acid groups (broad SMARTS) is 1. The summed E-state index contributed by atoms with van der Waals surface area (Å²) in [5, 5.41) is 19.0. The molecule has 0 saturated heterocycles. The van der Waals surface area contributed by atoms with Crippen molar-refractivity contribution in [2.45, 2.75) is 90.0 Å². The normalized spacial score (nSPS) is 15.4. The van der Waals surface area contributed by atoms with Crippen LogP contribution < -0.4 is 38.5 Å². The lowest BCUT2D eigenvalue weighted by atomic mass is 9.98. The molecule has 0 heterocycles. The van der Waals surface area contributed by atoms with Crippen LogP contribution in [0.15, 0.2) is 0 Å². The summed E-state index contributed by atoms with van der Waals surface area (Å²) in [5.74, 6) is -6.54. The third-order valence-corrected chi connectivity index (χ3v) is 6.81. The fourth-order valence-corrected chi connectivity index (χ4v) is 4.15. The molecule has 16 heteroatoms. The van der Waals surface area contributed by atoms with Gasteiger partial charge >= 0.3 is 5.97 Å². The van der Waals surface area contributed by atoms with Gasteiger partial charge < -0.3 is 43.6 Å². The molecule has 11 N–H and O–H groups in total. The maximum Gasteiger partial charge on any atom is 0.326 e. The number of aliphatic carboxylic acids is 1. The monoisotopic (exact) mass is 603 g/mol. The first kappa shape index (κ1) is 37.6. The summed E-state index contributed by atoms with van der Waals surface area (Å²) in [6, 6.07) is -6.47. The summed E-state index contributed by atoms with van der Waals surface area (Å²) >= 11 is 1.47. The summed E-state index contributed by atoms with van der Waals surface area (Å²) in [4.78, 5) is 86.6. The number of nitrogens with two attached hydrogens (primary N) is 3. The maximum absolute atomic E-state index is 13.2. The lowest BCUT2D eigenvalue weighted by molar-refractivity contribution is -0.144. The van der Waals surface area contributed by atoms with Gasteiger partial charge in [-0.15, -0.1) is 0 Å². The summed E-state index contributed by atoms with van der Waals surface area (Å²) in [5.41, 5.74) is 16.4. The van der Waals surface area contributed by atoms with Gasteiger partial charge in [0.25, 0.3) is 0 Å². The number of carbonyl (C=O) groups excluding carboxylic acids is 6. The number of primary amides is 2. The van der Waals surface area contributed by atoms with Crippen molar-refractivity contribution in [2.75, 3.05) is 12.0 Å². The highest BCUT2D eigenvalue weighted by atomic mass is 32.2. The van der Waals surface area contributed by atoms with Gasteiger partial charge in [-0.05, 0) is 36.7 Å². The van der Waals surface area contributed by atoms with Crippen molar-refractivity contribution in [3.05, 3.63) is 0 Å². The molecule has 15 nitrogen and oxygen atoms in total. The van der Waals surface area contributed by atoms with Gasteiger partial charge in [0.05, 0.1) is 18.9 Å². The third-order valence-electron chi connectivity index (χ3n) is 6.16. The van der Waals surface area contributed by atoms with Crippen LogP contribution in [0, 0.1) is 11.8 Å². The van der Waals surface area contributed by atoms with Gasteiger partial charge in [-0.25, -0.2) is 4.79 Å². The molecule has 0 spiro atoms. The first-order valence-electron chi connectivity index (χ1n) is 13.3. The predicted molar refractivity (Wildman–Crippen MR) is 153 cm³/mol. The highest BCUT2D eigenvalue weighted by Crippen LogP contribution is 2.10. The van der Waals surface area contributed by atoms with E-state index in [1.54, 1.807) is 27.7 Å². The molecule has 0 aromatic rings. The van der Waals surface area contributed by atoms with E-state index >= 15 is 0 Å². The summed E-state index contributed by atoms with van der Waals surface area (Å²) in [7, 11) is 0. The third kappa shape index (κ3) is 14.7. The van der Waals surface area contributed by atoms with Crippen LogP contribution in [-0.4, -0.2) is 88.7 Å². The number of amides is 6. The molecule has 234 valence electrons. The molecule has 0 saturated carbocycles. The van der Waals surface area contributed by atoms with Crippen LogP contribution in [0.1, 0.15) is 59.8 Å². The Morgan fingerprint density at radius 1 is 0.756 bits per heavy atom. The molecule has 0 bridgehead atoms. The van der Waals surface area contributed by atoms with E-state index in [4.69, 9.17) is 17.2 Å². The SMILES string of the molecule is CC[C@H](C)[C@H](NC(=O)[C@H](CC(N)=O)NC(=O)[C@H](CC(C)C)NC(=O)[C@H](CC(N)=O)NC(=O)[C@@H](N)CCSC)C(=O)O. The highest BCUT2D eigenvalue weighted by molar-refractivity contribution is 7.98. The molecule has 0 aromatic heterocycles. The molecule has 0 aliphatic carbocycles. The predicted octanol–water partition coefficient (Wildman–Crippen LogP) is -2.07. The Labute approximate surface area is 244 Å². The quantitative estimate of drug-likeness (QED) is 0.0753. The van der Waals surface area contributed by atoms with E-state index in [0.29, 0.717) is 18.6 Å². The topological polar surface area (TPSA) is 266 Å². The van der Waals surface area contributed by atoms with Crippen LogP contribution in [-0.2, 0) is 33.6 Å². The van der Waals surface area contributed by atoms with Crippen LogP contribution in [0.25, 0.3) is 0 Å². The fourth-order valence-electron chi connectivity index (χ4n) is 3.66. The molecule has 0 aliphatic rings. The molecule has 0 fully saturated rings. The fraction of sp³-hybridized carbons (Fsp3) is 0.720. The number of thioether (sulfide) groups is 1. The number of carboxylic acids is 1. The summed E-state index contributed by atoms with van der Waals surface area (Å²) in [6.45, 7) is 6.88. The van der Waals surface area contributed by atoms with Crippen molar-refractivity contribution in [3.8, 4) is 0 Å². The Bertz CT molecular complexity index is 949.